The smallest absolute Gasteiger partial charge is 0.321 e. The summed E-state index contributed by atoms with van der Waals surface area (Å²) in [5, 5.41) is 20.0. The molecule has 0 aliphatic heterocycles. The summed E-state index contributed by atoms with van der Waals surface area (Å²) in [7, 11) is -2.66. The molecule has 0 radical (unpaired) electrons. The van der Waals surface area contributed by atoms with E-state index in [1.54, 1.807) is 0 Å². The quantitative estimate of drug-likeness (QED) is 0.684. The topological polar surface area (TPSA) is 136 Å². The normalized spacial score (nSPS) is 13.0. The molecule has 0 saturated carbocycles. The Kier molecular flexibility index (Phi) is 5.69. The van der Waals surface area contributed by atoms with Crippen molar-refractivity contribution in [3.05, 3.63) is 24.5 Å². The molecular formula is C14H19N5O5S. The molecule has 1 unspecified atom stereocenters. The molecule has 11 heteroatoms. The second-order valence-corrected chi connectivity index (χ2v) is 7.44. The summed E-state index contributed by atoms with van der Waals surface area (Å²) < 4.78 is 33.8. The van der Waals surface area contributed by atoms with Gasteiger partial charge in [-0.25, -0.2) is 8.42 Å². The van der Waals surface area contributed by atoms with Gasteiger partial charge in [-0.15, -0.1) is 5.10 Å². The average molecular weight is 369 g/mol. The summed E-state index contributed by atoms with van der Waals surface area (Å²) in [5.74, 6) is -0.985. The number of carboxylic acid groups (broad SMARTS) is 1. The van der Waals surface area contributed by atoms with Crippen LogP contribution in [0.2, 0.25) is 0 Å². The molecule has 0 bridgehead atoms. The summed E-state index contributed by atoms with van der Waals surface area (Å²) in [4.78, 5) is 11.2. The number of rotatable bonds is 8. The Morgan fingerprint density at radius 1 is 1.40 bits per heavy atom. The number of hydrogen-bond donors (Lipinski definition) is 2. The molecule has 1 heterocycles. The van der Waals surface area contributed by atoms with Crippen LogP contribution in [0.25, 0.3) is 5.69 Å². The van der Waals surface area contributed by atoms with Crippen molar-refractivity contribution in [2.45, 2.75) is 31.2 Å². The fraction of sp³-hybridized carbons (Fsp3) is 0.429. The predicted octanol–water partition coefficient (Wildman–Crippen LogP) is 0.449. The molecule has 25 heavy (non-hydrogen) atoms. The molecule has 2 rings (SSSR count). The van der Waals surface area contributed by atoms with Crippen LogP contribution in [0.4, 0.5) is 0 Å². The predicted molar refractivity (Wildman–Crippen MR) is 86.9 cm³/mol. The molecule has 1 atom stereocenters. The van der Waals surface area contributed by atoms with Gasteiger partial charge in [0.25, 0.3) is 0 Å². The van der Waals surface area contributed by atoms with Gasteiger partial charge < -0.3 is 9.84 Å². The van der Waals surface area contributed by atoms with Crippen LogP contribution in [0, 0.1) is 5.92 Å². The SMILES string of the molecule is COc1cc(S(=O)(=O)NC(CC(C)C)C(=O)O)ccc1-n1cnnn1. The number of sulfonamides is 1. The number of aromatic nitrogens is 4. The standard InChI is InChI=1S/C14H19N5O5S/c1-9(2)6-11(14(20)21)16-25(22,23)10-4-5-12(13(7-10)24-3)19-8-15-17-18-19/h4-5,7-9,11,16H,6H2,1-3H3,(H,20,21). The van der Waals surface area contributed by atoms with Crippen LogP contribution in [0.15, 0.2) is 29.4 Å². The minimum Gasteiger partial charge on any atom is -0.494 e. The van der Waals surface area contributed by atoms with Crippen LogP contribution in [0.5, 0.6) is 5.75 Å². The molecule has 1 aromatic carbocycles. The summed E-state index contributed by atoms with van der Waals surface area (Å²) in [6.07, 6.45) is 1.52. The third-order valence-electron chi connectivity index (χ3n) is 3.36. The first-order chi connectivity index (χ1) is 11.7. The first kappa shape index (κ1) is 18.8. The van der Waals surface area contributed by atoms with E-state index in [0.717, 1.165) is 0 Å². The van der Waals surface area contributed by atoms with Crippen molar-refractivity contribution in [1.82, 2.24) is 24.9 Å². The van der Waals surface area contributed by atoms with Gasteiger partial charge in [0.2, 0.25) is 10.0 Å². The van der Waals surface area contributed by atoms with Gasteiger partial charge in [-0.1, -0.05) is 13.8 Å². The van der Waals surface area contributed by atoms with E-state index < -0.39 is 22.0 Å². The van der Waals surface area contributed by atoms with Gasteiger partial charge in [-0.2, -0.15) is 9.40 Å². The van der Waals surface area contributed by atoms with E-state index in [-0.39, 0.29) is 23.0 Å². The number of hydrogen-bond acceptors (Lipinski definition) is 7. The van der Waals surface area contributed by atoms with Crippen LogP contribution in [0.3, 0.4) is 0 Å². The zero-order chi connectivity index (χ0) is 18.6. The van der Waals surface area contributed by atoms with E-state index in [1.165, 1.54) is 36.3 Å². The summed E-state index contributed by atoms with van der Waals surface area (Å²) in [6, 6.07) is 2.88. The zero-order valence-electron chi connectivity index (χ0n) is 13.9. The number of carbonyl (C=O) groups is 1. The number of aliphatic carboxylic acids is 1. The highest BCUT2D eigenvalue weighted by Gasteiger charge is 2.27. The first-order valence-corrected chi connectivity index (χ1v) is 8.89. The minimum absolute atomic E-state index is 0.0144. The monoisotopic (exact) mass is 369 g/mol. The molecule has 10 nitrogen and oxygen atoms in total. The minimum atomic E-state index is -4.04. The number of nitrogens with one attached hydrogen (secondary N) is 1. The van der Waals surface area contributed by atoms with Crippen molar-refractivity contribution in [3.63, 3.8) is 0 Å². The number of methoxy groups -OCH3 is 1. The van der Waals surface area contributed by atoms with Gasteiger partial charge >= 0.3 is 5.97 Å². The van der Waals surface area contributed by atoms with E-state index in [0.29, 0.717) is 5.69 Å². The highest BCUT2D eigenvalue weighted by molar-refractivity contribution is 7.89. The van der Waals surface area contributed by atoms with Crippen LogP contribution in [0.1, 0.15) is 20.3 Å². The molecule has 0 saturated heterocycles. The van der Waals surface area contributed by atoms with Crippen molar-refractivity contribution >= 4 is 16.0 Å². The van der Waals surface area contributed by atoms with Gasteiger partial charge in [0.05, 0.1) is 12.0 Å². The van der Waals surface area contributed by atoms with E-state index >= 15 is 0 Å². The molecular weight excluding hydrogens is 350 g/mol. The van der Waals surface area contributed by atoms with Crippen LogP contribution in [-0.2, 0) is 14.8 Å². The highest BCUT2D eigenvalue weighted by atomic mass is 32.2. The fourth-order valence-corrected chi connectivity index (χ4v) is 3.43. The molecule has 136 valence electrons. The van der Waals surface area contributed by atoms with Crippen molar-refractivity contribution in [3.8, 4) is 11.4 Å². The number of tetrazole rings is 1. The lowest BCUT2D eigenvalue weighted by Gasteiger charge is -2.17. The third kappa shape index (κ3) is 4.51. The maximum Gasteiger partial charge on any atom is 0.321 e. The van der Waals surface area contributed by atoms with E-state index in [2.05, 4.69) is 20.2 Å². The zero-order valence-corrected chi connectivity index (χ0v) is 14.8. The van der Waals surface area contributed by atoms with Gasteiger partial charge in [0.1, 0.15) is 23.8 Å². The number of carboxylic acids is 1. The Balaban J connectivity index is 2.34. The van der Waals surface area contributed by atoms with Gasteiger partial charge in [-0.3, -0.25) is 4.79 Å². The molecule has 1 aromatic heterocycles. The molecule has 2 N–H and O–H groups in total. The van der Waals surface area contributed by atoms with Crippen LogP contribution >= 0.6 is 0 Å². The highest BCUT2D eigenvalue weighted by Crippen LogP contribution is 2.25. The van der Waals surface area contributed by atoms with Crippen molar-refractivity contribution in [2.75, 3.05) is 7.11 Å². The fourth-order valence-electron chi connectivity index (χ4n) is 2.21. The Bertz CT molecular complexity index is 835. The van der Waals surface area contributed by atoms with Gasteiger partial charge in [0.15, 0.2) is 0 Å². The maximum atomic E-state index is 12.5. The molecule has 2 aromatic rings. The van der Waals surface area contributed by atoms with Crippen LogP contribution < -0.4 is 9.46 Å². The second-order valence-electron chi connectivity index (χ2n) is 5.73. The molecule has 0 fully saturated rings. The molecule has 0 aliphatic rings. The molecule has 0 spiro atoms. The number of benzene rings is 1. The summed E-state index contributed by atoms with van der Waals surface area (Å²) in [6.45, 7) is 3.63. The van der Waals surface area contributed by atoms with Crippen molar-refractivity contribution < 1.29 is 23.1 Å². The van der Waals surface area contributed by atoms with E-state index in [9.17, 15) is 18.3 Å². The van der Waals surface area contributed by atoms with Crippen LogP contribution in [-0.4, -0.2) is 52.9 Å². The molecule has 0 aliphatic carbocycles. The summed E-state index contributed by atoms with van der Waals surface area (Å²) >= 11 is 0. The average Bonchev–Trinajstić information content (AvgIpc) is 3.07. The molecule has 0 amide bonds. The Labute approximate surface area is 144 Å². The lowest BCUT2D eigenvalue weighted by atomic mass is 10.1. The maximum absolute atomic E-state index is 12.5. The van der Waals surface area contributed by atoms with Crippen molar-refractivity contribution in [2.24, 2.45) is 5.92 Å². The largest absolute Gasteiger partial charge is 0.494 e. The van der Waals surface area contributed by atoms with E-state index in [1.807, 2.05) is 13.8 Å². The van der Waals surface area contributed by atoms with Gasteiger partial charge in [-0.05, 0) is 34.9 Å². The second kappa shape index (κ2) is 7.57. The first-order valence-electron chi connectivity index (χ1n) is 7.41. The third-order valence-corrected chi connectivity index (χ3v) is 4.83. The number of nitrogens with zero attached hydrogens (tertiary/aromatic N) is 4. The Hall–Kier alpha value is -2.53. The lowest BCUT2D eigenvalue weighted by molar-refractivity contribution is -0.139. The number of ether oxygens (including phenoxy) is 1. The summed E-state index contributed by atoms with van der Waals surface area (Å²) in [5.41, 5.74) is 0.448. The van der Waals surface area contributed by atoms with E-state index in [4.69, 9.17) is 4.74 Å². The Morgan fingerprint density at radius 3 is 2.64 bits per heavy atom. The lowest BCUT2D eigenvalue weighted by Crippen LogP contribution is -2.41. The van der Waals surface area contributed by atoms with Crippen molar-refractivity contribution in [1.29, 1.82) is 0 Å². The Morgan fingerprint density at radius 2 is 2.12 bits per heavy atom. The van der Waals surface area contributed by atoms with Gasteiger partial charge in [0, 0.05) is 6.07 Å².